The Kier molecular flexibility index (Phi) is 6.77. The fourth-order valence-electron chi connectivity index (χ4n) is 4.28. The van der Waals surface area contributed by atoms with Gasteiger partial charge in [0, 0.05) is 30.1 Å². The summed E-state index contributed by atoms with van der Waals surface area (Å²) in [5.74, 6) is 2.09. The smallest absolute Gasteiger partial charge is 0.225 e. The van der Waals surface area contributed by atoms with Gasteiger partial charge in [-0.05, 0) is 64.0 Å². The number of rotatable bonds is 7. The van der Waals surface area contributed by atoms with Crippen molar-refractivity contribution in [3.63, 3.8) is 0 Å². The van der Waals surface area contributed by atoms with Crippen molar-refractivity contribution < 1.29 is 4.79 Å². The van der Waals surface area contributed by atoms with Gasteiger partial charge in [0.2, 0.25) is 5.91 Å². The van der Waals surface area contributed by atoms with E-state index < -0.39 is 0 Å². The molecule has 6 nitrogen and oxygen atoms in total. The van der Waals surface area contributed by atoms with E-state index in [9.17, 15) is 4.79 Å². The predicted octanol–water partition coefficient (Wildman–Crippen LogP) is 4.45. The Labute approximate surface area is 184 Å². The molecule has 1 fully saturated rings. The number of aromatic nitrogens is 2. The third-order valence-electron chi connectivity index (χ3n) is 6.06. The molecular formula is C25H31N5O. The van der Waals surface area contributed by atoms with Crippen molar-refractivity contribution in [3.05, 3.63) is 60.4 Å². The molecule has 0 radical (unpaired) electrons. The van der Waals surface area contributed by atoms with Gasteiger partial charge in [0.05, 0.1) is 12.1 Å². The number of piperidine rings is 1. The molecule has 1 amide bonds. The Hall–Kier alpha value is -2.99. The zero-order valence-electron chi connectivity index (χ0n) is 18.4. The number of fused-ring (bicyclic) bond motifs is 1. The molecule has 0 saturated carbocycles. The molecular weight excluding hydrogens is 386 g/mol. The normalized spacial score (nSPS) is 15.2. The minimum atomic E-state index is 0.143. The van der Waals surface area contributed by atoms with Crippen LogP contribution in [0.5, 0.6) is 0 Å². The first-order chi connectivity index (χ1) is 15.2. The van der Waals surface area contributed by atoms with E-state index in [0.717, 1.165) is 67.3 Å². The summed E-state index contributed by atoms with van der Waals surface area (Å²) in [6, 6.07) is 18.2. The summed E-state index contributed by atoms with van der Waals surface area (Å²) < 4.78 is 0. The molecule has 1 aromatic heterocycles. The van der Waals surface area contributed by atoms with Gasteiger partial charge in [-0.15, -0.1) is 0 Å². The molecule has 0 aliphatic carbocycles. The molecule has 1 aliphatic rings. The SMILES string of the molecule is CCN(CC)C(=O)C1CCN(Cc2nc(Nc3ccccc3)c3ccccc3n2)CC1. The Morgan fingerprint density at radius 2 is 1.68 bits per heavy atom. The number of carbonyl (C=O) groups excluding carboxylic acids is 1. The van der Waals surface area contributed by atoms with Gasteiger partial charge in [0.1, 0.15) is 11.6 Å². The summed E-state index contributed by atoms with van der Waals surface area (Å²) in [5, 5.41) is 4.46. The van der Waals surface area contributed by atoms with Gasteiger partial charge in [-0.3, -0.25) is 9.69 Å². The van der Waals surface area contributed by atoms with Gasteiger partial charge >= 0.3 is 0 Å². The number of amides is 1. The first-order valence-electron chi connectivity index (χ1n) is 11.3. The molecule has 2 heterocycles. The van der Waals surface area contributed by atoms with E-state index in [1.807, 2.05) is 53.4 Å². The highest BCUT2D eigenvalue weighted by molar-refractivity contribution is 5.90. The molecule has 1 N–H and O–H groups in total. The molecule has 6 heteroatoms. The zero-order valence-corrected chi connectivity index (χ0v) is 18.4. The molecule has 3 aromatic rings. The van der Waals surface area contributed by atoms with Crippen molar-refractivity contribution >= 4 is 28.3 Å². The van der Waals surface area contributed by atoms with Crippen LogP contribution in [-0.2, 0) is 11.3 Å². The van der Waals surface area contributed by atoms with Crippen LogP contribution in [0.3, 0.4) is 0 Å². The molecule has 31 heavy (non-hydrogen) atoms. The minimum Gasteiger partial charge on any atom is -0.343 e. The fourth-order valence-corrected chi connectivity index (χ4v) is 4.28. The Bertz CT molecular complexity index is 1010. The second kappa shape index (κ2) is 9.88. The largest absolute Gasteiger partial charge is 0.343 e. The molecule has 0 atom stereocenters. The van der Waals surface area contributed by atoms with E-state index in [0.29, 0.717) is 12.5 Å². The third-order valence-corrected chi connectivity index (χ3v) is 6.06. The van der Waals surface area contributed by atoms with Crippen LogP contribution in [0.25, 0.3) is 10.9 Å². The lowest BCUT2D eigenvalue weighted by Crippen LogP contribution is -2.42. The Morgan fingerprint density at radius 1 is 1.00 bits per heavy atom. The zero-order chi connectivity index (χ0) is 21.6. The first kappa shape index (κ1) is 21.2. The third kappa shape index (κ3) is 5.02. The number of para-hydroxylation sites is 2. The molecule has 0 unspecified atom stereocenters. The van der Waals surface area contributed by atoms with Crippen LogP contribution >= 0.6 is 0 Å². The van der Waals surface area contributed by atoms with Gasteiger partial charge < -0.3 is 10.2 Å². The first-order valence-corrected chi connectivity index (χ1v) is 11.3. The average Bonchev–Trinajstić information content (AvgIpc) is 2.81. The Balaban J connectivity index is 1.47. The van der Waals surface area contributed by atoms with E-state index in [2.05, 4.69) is 30.1 Å². The number of benzene rings is 2. The lowest BCUT2D eigenvalue weighted by Gasteiger charge is -2.33. The molecule has 1 saturated heterocycles. The lowest BCUT2D eigenvalue weighted by atomic mass is 9.95. The molecule has 0 spiro atoms. The predicted molar refractivity (Wildman–Crippen MR) is 125 cm³/mol. The van der Waals surface area contributed by atoms with Gasteiger partial charge in [0.15, 0.2) is 0 Å². The lowest BCUT2D eigenvalue weighted by molar-refractivity contribution is -0.136. The van der Waals surface area contributed by atoms with Gasteiger partial charge in [0.25, 0.3) is 0 Å². The highest BCUT2D eigenvalue weighted by Gasteiger charge is 2.27. The van der Waals surface area contributed by atoms with Crippen molar-refractivity contribution in [2.45, 2.75) is 33.2 Å². The van der Waals surface area contributed by atoms with Gasteiger partial charge in [-0.2, -0.15) is 0 Å². The summed E-state index contributed by atoms with van der Waals surface area (Å²) in [6.07, 6.45) is 1.80. The monoisotopic (exact) mass is 417 g/mol. The summed E-state index contributed by atoms with van der Waals surface area (Å²) in [4.78, 5) is 26.7. The van der Waals surface area contributed by atoms with Crippen LogP contribution in [0, 0.1) is 5.92 Å². The van der Waals surface area contributed by atoms with Crippen LogP contribution in [0.2, 0.25) is 0 Å². The summed E-state index contributed by atoms with van der Waals surface area (Å²) >= 11 is 0. The van der Waals surface area contributed by atoms with Crippen molar-refractivity contribution in [1.82, 2.24) is 19.8 Å². The average molecular weight is 418 g/mol. The van der Waals surface area contributed by atoms with Crippen LogP contribution in [0.15, 0.2) is 54.6 Å². The number of anilines is 2. The van der Waals surface area contributed by atoms with Gasteiger partial charge in [-0.1, -0.05) is 30.3 Å². The summed E-state index contributed by atoms with van der Waals surface area (Å²) in [5.41, 5.74) is 1.95. The van der Waals surface area contributed by atoms with Crippen molar-refractivity contribution in [1.29, 1.82) is 0 Å². The molecule has 162 valence electrons. The molecule has 4 rings (SSSR count). The van der Waals surface area contributed by atoms with Crippen LogP contribution in [-0.4, -0.2) is 51.9 Å². The minimum absolute atomic E-state index is 0.143. The maximum absolute atomic E-state index is 12.7. The fraction of sp³-hybridized carbons (Fsp3) is 0.400. The summed E-state index contributed by atoms with van der Waals surface area (Å²) in [6.45, 7) is 8.17. The van der Waals surface area contributed by atoms with Crippen molar-refractivity contribution in [2.75, 3.05) is 31.5 Å². The maximum Gasteiger partial charge on any atom is 0.225 e. The number of hydrogen-bond donors (Lipinski definition) is 1. The van der Waals surface area contributed by atoms with Crippen LogP contribution in [0.4, 0.5) is 11.5 Å². The van der Waals surface area contributed by atoms with Gasteiger partial charge in [-0.25, -0.2) is 9.97 Å². The summed E-state index contributed by atoms with van der Waals surface area (Å²) in [7, 11) is 0. The number of nitrogens with one attached hydrogen (secondary N) is 1. The second-order valence-corrected chi connectivity index (χ2v) is 8.06. The topological polar surface area (TPSA) is 61.4 Å². The van der Waals surface area contributed by atoms with E-state index in [1.165, 1.54) is 0 Å². The van der Waals surface area contributed by atoms with E-state index >= 15 is 0 Å². The molecule has 2 aromatic carbocycles. The Morgan fingerprint density at radius 3 is 2.39 bits per heavy atom. The quantitative estimate of drug-likeness (QED) is 0.615. The molecule has 1 aliphatic heterocycles. The highest BCUT2D eigenvalue weighted by atomic mass is 16.2. The highest BCUT2D eigenvalue weighted by Crippen LogP contribution is 2.25. The van der Waals surface area contributed by atoms with E-state index in [-0.39, 0.29) is 5.92 Å². The van der Waals surface area contributed by atoms with Crippen LogP contribution < -0.4 is 5.32 Å². The van der Waals surface area contributed by atoms with E-state index in [1.54, 1.807) is 0 Å². The maximum atomic E-state index is 12.7. The second-order valence-electron chi connectivity index (χ2n) is 8.06. The number of likely N-dealkylation sites (tertiary alicyclic amines) is 1. The van der Waals surface area contributed by atoms with Crippen molar-refractivity contribution in [2.24, 2.45) is 5.92 Å². The van der Waals surface area contributed by atoms with Crippen LogP contribution in [0.1, 0.15) is 32.5 Å². The van der Waals surface area contributed by atoms with Crippen molar-refractivity contribution in [3.8, 4) is 0 Å². The molecule has 0 bridgehead atoms. The number of hydrogen-bond acceptors (Lipinski definition) is 5. The number of carbonyl (C=O) groups is 1. The number of nitrogens with zero attached hydrogens (tertiary/aromatic N) is 4. The standard InChI is InChI=1S/C25H31N5O/c1-3-30(4-2)25(31)19-14-16-29(17-15-19)18-23-27-22-13-9-8-12-21(22)24(28-23)26-20-10-6-5-7-11-20/h5-13,19H,3-4,14-18H2,1-2H3,(H,26,27,28). The van der Waals surface area contributed by atoms with E-state index in [4.69, 9.17) is 9.97 Å².